The lowest BCUT2D eigenvalue weighted by atomic mass is 10.3. The molecular formula is C6H8BrNO2. The Morgan fingerprint density at radius 2 is 2.50 bits per heavy atom. The van der Waals surface area contributed by atoms with Crippen molar-refractivity contribution in [2.75, 3.05) is 13.1 Å². The molecule has 0 fully saturated rings. The van der Waals surface area contributed by atoms with Crippen LogP contribution >= 0.6 is 15.9 Å². The monoisotopic (exact) mass is 205 g/mol. The Morgan fingerprint density at radius 1 is 1.80 bits per heavy atom. The average Bonchev–Trinajstić information content (AvgIpc) is 1.88. The van der Waals surface area contributed by atoms with E-state index in [0.717, 1.165) is 10.9 Å². The van der Waals surface area contributed by atoms with E-state index in [4.69, 9.17) is 5.11 Å². The molecule has 10 heavy (non-hydrogen) atoms. The van der Waals surface area contributed by atoms with Crippen molar-refractivity contribution in [1.29, 1.82) is 0 Å². The largest absolute Gasteiger partial charge is 0.465 e. The number of nitrogens with zero attached hydrogens (tertiary/aromatic N) is 1. The molecule has 0 bridgehead atoms. The highest BCUT2D eigenvalue weighted by molar-refractivity contribution is 9.11. The Morgan fingerprint density at radius 3 is 2.90 bits per heavy atom. The van der Waals surface area contributed by atoms with E-state index in [1.165, 1.54) is 4.90 Å². The summed E-state index contributed by atoms with van der Waals surface area (Å²) in [4.78, 5) is 11.7. The van der Waals surface area contributed by atoms with Gasteiger partial charge in [-0.25, -0.2) is 4.79 Å². The smallest absolute Gasteiger partial charge is 0.407 e. The second-order valence-electron chi connectivity index (χ2n) is 2.13. The SMILES string of the molecule is O=C(O)N1CC=C(Br)CC1. The molecule has 0 saturated carbocycles. The third kappa shape index (κ3) is 1.73. The van der Waals surface area contributed by atoms with Crippen molar-refractivity contribution in [1.82, 2.24) is 4.90 Å². The quantitative estimate of drug-likeness (QED) is 0.654. The van der Waals surface area contributed by atoms with Gasteiger partial charge >= 0.3 is 6.09 Å². The van der Waals surface area contributed by atoms with E-state index in [0.29, 0.717) is 13.1 Å². The van der Waals surface area contributed by atoms with Crippen LogP contribution in [0.5, 0.6) is 0 Å². The molecule has 1 aliphatic heterocycles. The van der Waals surface area contributed by atoms with Crippen LogP contribution < -0.4 is 0 Å². The van der Waals surface area contributed by atoms with Gasteiger partial charge in [0.05, 0.1) is 0 Å². The summed E-state index contributed by atoms with van der Waals surface area (Å²) < 4.78 is 1.10. The highest BCUT2D eigenvalue weighted by Crippen LogP contribution is 2.15. The molecule has 0 aromatic carbocycles. The Bertz CT molecular complexity index is 179. The first-order valence-electron chi connectivity index (χ1n) is 3.02. The molecule has 56 valence electrons. The summed E-state index contributed by atoms with van der Waals surface area (Å²) in [5.74, 6) is 0. The molecule has 0 aromatic rings. The van der Waals surface area contributed by atoms with Crippen molar-refractivity contribution in [2.24, 2.45) is 0 Å². The fourth-order valence-corrected chi connectivity index (χ4v) is 1.14. The molecule has 1 aliphatic rings. The number of hydrogen-bond acceptors (Lipinski definition) is 1. The maximum absolute atomic E-state index is 10.3. The van der Waals surface area contributed by atoms with Gasteiger partial charge in [-0.1, -0.05) is 22.0 Å². The molecule has 1 N–H and O–H groups in total. The van der Waals surface area contributed by atoms with Crippen LogP contribution in [0.15, 0.2) is 10.6 Å². The van der Waals surface area contributed by atoms with Gasteiger partial charge in [-0.05, 0) is 10.9 Å². The number of carbonyl (C=O) groups is 1. The predicted octanol–water partition coefficient (Wildman–Crippen LogP) is 1.65. The van der Waals surface area contributed by atoms with Crippen LogP contribution in [0.4, 0.5) is 4.79 Å². The third-order valence-corrected chi connectivity index (χ3v) is 2.14. The van der Waals surface area contributed by atoms with Crippen LogP contribution in [0.25, 0.3) is 0 Å². The molecule has 1 heterocycles. The molecule has 0 radical (unpaired) electrons. The zero-order valence-electron chi connectivity index (χ0n) is 5.38. The zero-order chi connectivity index (χ0) is 7.56. The molecular weight excluding hydrogens is 198 g/mol. The normalized spacial score (nSPS) is 18.5. The van der Waals surface area contributed by atoms with Crippen LogP contribution in [-0.2, 0) is 0 Å². The van der Waals surface area contributed by atoms with E-state index >= 15 is 0 Å². The van der Waals surface area contributed by atoms with Gasteiger partial charge in [0.2, 0.25) is 0 Å². The van der Waals surface area contributed by atoms with Crippen molar-refractivity contribution in [3.8, 4) is 0 Å². The van der Waals surface area contributed by atoms with Gasteiger partial charge in [0.25, 0.3) is 0 Å². The molecule has 1 amide bonds. The predicted molar refractivity (Wildman–Crippen MR) is 41.2 cm³/mol. The lowest BCUT2D eigenvalue weighted by molar-refractivity contribution is 0.149. The first kappa shape index (κ1) is 7.60. The van der Waals surface area contributed by atoms with Gasteiger partial charge in [0.1, 0.15) is 0 Å². The van der Waals surface area contributed by atoms with E-state index in [1.54, 1.807) is 0 Å². The van der Waals surface area contributed by atoms with Crippen LogP contribution in [-0.4, -0.2) is 29.2 Å². The minimum absolute atomic E-state index is 0.510. The summed E-state index contributed by atoms with van der Waals surface area (Å²) in [5.41, 5.74) is 0. The summed E-state index contributed by atoms with van der Waals surface area (Å²) in [5, 5.41) is 8.51. The molecule has 0 unspecified atom stereocenters. The Hall–Kier alpha value is -0.510. The maximum Gasteiger partial charge on any atom is 0.407 e. The first-order chi connectivity index (χ1) is 4.70. The summed E-state index contributed by atoms with van der Waals surface area (Å²) in [6.07, 6.45) is 1.83. The second-order valence-corrected chi connectivity index (χ2v) is 3.15. The number of halogens is 1. The maximum atomic E-state index is 10.3. The van der Waals surface area contributed by atoms with Crippen LogP contribution in [0.3, 0.4) is 0 Å². The summed E-state index contributed by atoms with van der Waals surface area (Å²) in [7, 11) is 0. The fraction of sp³-hybridized carbons (Fsp3) is 0.500. The van der Waals surface area contributed by atoms with Crippen LogP contribution in [0, 0.1) is 0 Å². The van der Waals surface area contributed by atoms with Crippen molar-refractivity contribution in [3.63, 3.8) is 0 Å². The lowest BCUT2D eigenvalue weighted by Crippen LogP contribution is -2.32. The Balaban J connectivity index is 2.50. The van der Waals surface area contributed by atoms with Gasteiger partial charge in [0, 0.05) is 13.1 Å². The minimum Gasteiger partial charge on any atom is -0.465 e. The summed E-state index contributed by atoms with van der Waals surface area (Å²) >= 11 is 3.31. The zero-order valence-corrected chi connectivity index (χ0v) is 6.97. The summed E-state index contributed by atoms with van der Waals surface area (Å²) in [6.45, 7) is 1.11. The Labute approximate surface area is 67.5 Å². The minimum atomic E-state index is -0.837. The van der Waals surface area contributed by atoms with Gasteiger partial charge in [-0.15, -0.1) is 0 Å². The van der Waals surface area contributed by atoms with Gasteiger partial charge in [-0.3, -0.25) is 0 Å². The highest BCUT2D eigenvalue weighted by Gasteiger charge is 2.13. The van der Waals surface area contributed by atoms with E-state index in [-0.39, 0.29) is 0 Å². The van der Waals surface area contributed by atoms with Crippen molar-refractivity contribution in [3.05, 3.63) is 10.6 Å². The molecule has 1 rings (SSSR count). The van der Waals surface area contributed by atoms with Crippen molar-refractivity contribution in [2.45, 2.75) is 6.42 Å². The average molecular weight is 206 g/mol. The van der Waals surface area contributed by atoms with E-state index < -0.39 is 6.09 Å². The molecule has 3 nitrogen and oxygen atoms in total. The van der Waals surface area contributed by atoms with E-state index in [1.807, 2.05) is 6.08 Å². The van der Waals surface area contributed by atoms with Crippen molar-refractivity contribution >= 4 is 22.0 Å². The van der Waals surface area contributed by atoms with E-state index in [2.05, 4.69) is 15.9 Å². The number of amides is 1. The van der Waals surface area contributed by atoms with E-state index in [9.17, 15) is 4.79 Å². The molecule has 0 saturated heterocycles. The first-order valence-corrected chi connectivity index (χ1v) is 3.82. The number of carboxylic acid groups (broad SMARTS) is 1. The topological polar surface area (TPSA) is 40.5 Å². The second kappa shape index (κ2) is 3.05. The van der Waals surface area contributed by atoms with Gasteiger partial charge < -0.3 is 10.0 Å². The molecule has 0 aliphatic carbocycles. The van der Waals surface area contributed by atoms with Gasteiger partial charge in [-0.2, -0.15) is 0 Å². The lowest BCUT2D eigenvalue weighted by Gasteiger charge is -2.21. The van der Waals surface area contributed by atoms with Crippen LogP contribution in [0.1, 0.15) is 6.42 Å². The molecule has 0 spiro atoms. The standard InChI is InChI=1S/C6H8BrNO2/c7-5-1-3-8(4-2-5)6(9)10/h1H,2-4H2,(H,9,10). The van der Waals surface area contributed by atoms with Gasteiger partial charge in [0.15, 0.2) is 0 Å². The third-order valence-electron chi connectivity index (χ3n) is 1.42. The molecule has 4 heteroatoms. The molecule has 0 atom stereocenters. The molecule has 0 aromatic heterocycles. The number of rotatable bonds is 0. The summed E-state index contributed by atoms with van der Waals surface area (Å²) in [6, 6.07) is 0. The number of hydrogen-bond donors (Lipinski definition) is 1. The highest BCUT2D eigenvalue weighted by atomic mass is 79.9. The van der Waals surface area contributed by atoms with Crippen LogP contribution in [0.2, 0.25) is 0 Å². The van der Waals surface area contributed by atoms with Crippen molar-refractivity contribution < 1.29 is 9.90 Å². The Kier molecular flexibility index (Phi) is 2.32. The fourth-order valence-electron chi connectivity index (χ4n) is 0.818.